The lowest BCUT2D eigenvalue weighted by molar-refractivity contribution is -0.153. The van der Waals surface area contributed by atoms with Crippen LogP contribution >= 0.6 is 0 Å². The van der Waals surface area contributed by atoms with E-state index in [0.717, 1.165) is 31.2 Å². The van der Waals surface area contributed by atoms with Crippen molar-refractivity contribution in [3.63, 3.8) is 0 Å². The maximum atomic E-state index is 12.6. The fourth-order valence-electron chi connectivity index (χ4n) is 4.19. The Bertz CT molecular complexity index is 714. The van der Waals surface area contributed by atoms with Gasteiger partial charge in [-0.1, -0.05) is 18.9 Å². The number of fused-ring (bicyclic) bond motifs is 1. The topological polar surface area (TPSA) is 79.3 Å². The second kappa shape index (κ2) is 7.76. The lowest BCUT2D eigenvalue weighted by atomic mass is 9.87. The number of hydrogen-bond donors (Lipinski definition) is 1. The van der Waals surface area contributed by atoms with Crippen molar-refractivity contribution in [3.8, 4) is 11.5 Å². The van der Waals surface area contributed by atoms with E-state index in [2.05, 4.69) is 0 Å². The Morgan fingerprint density at radius 2 is 1.63 bits per heavy atom. The Morgan fingerprint density at radius 1 is 0.926 bits per heavy atom. The number of rotatable bonds is 1. The molecule has 7 nitrogen and oxygen atoms in total. The summed E-state index contributed by atoms with van der Waals surface area (Å²) in [6, 6.07) is 5.68. The molecule has 1 aromatic rings. The number of carbonyl (C=O) groups excluding carboxylic acids is 2. The number of aliphatic hydroxyl groups excluding tert-OH is 1. The maximum absolute atomic E-state index is 12.6. The SMILES string of the molecule is O=C(C(=O)N1CC[C@@H](c2ccc3c(c2)OCO3)[C@H](O)C1)N1CCCCCC1. The molecular weight excluding hydrogens is 348 g/mol. The van der Waals surface area contributed by atoms with Crippen LogP contribution < -0.4 is 9.47 Å². The van der Waals surface area contributed by atoms with E-state index < -0.39 is 17.9 Å². The van der Waals surface area contributed by atoms with Gasteiger partial charge in [-0.05, 0) is 37.0 Å². The van der Waals surface area contributed by atoms with Crippen LogP contribution in [-0.2, 0) is 9.59 Å². The zero-order chi connectivity index (χ0) is 18.8. The second-order valence-corrected chi connectivity index (χ2v) is 7.53. The van der Waals surface area contributed by atoms with Crippen LogP contribution in [0.3, 0.4) is 0 Å². The molecule has 3 heterocycles. The summed E-state index contributed by atoms with van der Waals surface area (Å²) in [5.41, 5.74) is 0.970. The van der Waals surface area contributed by atoms with Gasteiger partial charge in [-0.25, -0.2) is 0 Å². The molecule has 0 saturated carbocycles. The molecule has 0 spiro atoms. The van der Waals surface area contributed by atoms with Gasteiger partial charge in [-0.15, -0.1) is 0 Å². The molecule has 1 aromatic carbocycles. The molecule has 0 bridgehead atoms. The summed E-state index contributed by atoms with van der Waals surface area (Å²) in [6.45, 7) is 2.17. The first kappa shape index (κ1) is 18.1. The smallest absolute Gasteiger partial charge is 0.312 e. The summed E-state index contributed by atoms with van der Waals surface area (Å²) < 4.78 is 10.7. The van der Waals surface area contributed by atoms with Crippen LogP contribution in [0.25, 0.3) is 0 Å². The summed E-state index contributed by atoms with van der Waals surface area (Å²) in [7, 11) is 0. The lowest BCUT2D eigenvalue weighted by Gasteiger charge is -2.36. The summed E-state index contributed by atoms with van der Waals surface area (Å²) in [5, 5.41) is 10.6. The highest BCUT2D eigenvalue weighted by Crippen LogP contribution is 2.37. The van der Waals surface area contributed by atoms with Crippen LogP contribution in [0, 0.1) is 0 Å². The third-order valence-electron chi connectivity index (χ3n) is 5.77. The predicted octanol–water partition coefficient (Wildman–Crippen LogP) is 1.49. The van der Waals surface area contributed by atoms with E-state index in [-0.39, 0.29) is 19.3 Å². The highest BCUT2D eigenvalue weighted by atomic mass is 16.7. The molecule has 1 N–H and O–H groups in total. The molecule has 3 aliphatic rings. The molecule has 7 heteroatoms. The Balaban J connectivity index is 1.39. The van der Waals surface area contributed by atoms with Gasteiger partial charge < -0.3 is 24.4 Å². The second-order valence-electron chi connectivity index (χ2n) is 7.53. The molecule has 4 rings (SSSR count). The van der Waals surface area contributed by atoms with Gasteiger partial charge in [0.1, 0.15) is 0 Å². The van der Waals surface area contributed by atoms with Crippen molar-refractivity contribution in [2.75, 3.05) is 33.0 Å². The van der Waals surface area contributed by atoms with E-state index in [1.54, 1.807) is 4.90 Å². The highest BCUT2D eigenvalue weighted by Gasteiger charge is 2.35. The van der Waals surface area contributed by atoms with Gasteiger partial charge >= 0.3 is 11.8 Å². The van der Waals surface area contributed by atoms with Gasteiger partial charge in [0.25, 0.3) is 0 Å². The lowest BCUT2D eigenvalue weighted by Crippen LogP contribution is -2.51. The average Bonchev–Trinajstić information content (AvgIpc) is 2.98. The molecule has 2 atom stereocenters. The zero-order valence-corrected chi connectivity index (χ0v) is 15.4. The van der Waals surface area contributed by atoms with Gasteiger partial charge in [0.2, 0.25) is 6.79 Å². The van der Waals surface area contributed by atoms with Crippen LogP contribution in [0.1, 0.15) is 43.6 Å². The number of ether oxygens (including phenoxy) is 2. The van der Waals surface area contributed by atoms with Crippen molar-refractivity contribution in [1.82, 2.24) is 9.80 Å². The van der Waals surface area contributed by atoms with Gasteiger partial charge in [0.05, 0.1) is 6.10 Å². The van der Waals surface area contributed by atoms with Crippen LogP contribution in [0.4, 0.5) is 0 Å². The van der Waals surface area contributed by atoms with Crippen LogP contribution in [-0.4, -0.2) is 65.8 Å². The average molecular weight is 374 g/mol. The highest BCUT2D eigenvalue weighted by molar-refractivity contribution is 6.34. The van der Waals surface area contributed by atoms with Crippen LogP contribution in [0.15, 0.2) is 18.2 Å². The number of β-amino-alcohol motifs (C(OH)–C–C–N with tert-alkyl or cyclic N) is 1. The van der Waals surface area contributed by atoms with Crippen LogP contribution in [0.2, 0.25) is 0 Å². The van der Waals surface area contributed by atoms with E-state index in [0.29, 0.717) is 37.6 Å². The molecule has 27 heavy (non-hydrogen) atoms. The van der Waals surface area contributed by atoms with E-state index in [1.165, 1.54) is 4.90 Å². The number of nitrogens with zero attached hydrogens (tertiary/aromatic N) is 2. The number of benzene rings is 1. The molecular formula is C20H26N2O5. The Kier molecular flexibility index (Phi) is 5.20. The standard InChI is InChI=1S/C20H26N2O5/c23-16-12-22(20(25)19(24)21-8-3-1-2-4-9-21)10-7-15(16)14-5-6-17-18(11-14)27-13-26-17/h5-6,11,15-16,23H,1-4,7-10,12-13H2/t15-,16+/m0/s1. The predicted molar refractivity (Wildman–Crippen MR) is 97.6 cm³/mol. The number of aliphatic hydroxyl groups is 1. The third-order valence-corrected chi connectivity index (χ3v) is 5.77. The Hall–Kier alpha value is -2.28. The van der Waals surface area contributed by atoms with Crippen molar-refractivity contribution in [2.45, 2.75) is 44.1 Å². The summed E-state index contributed by atoms with van der Waals surface area (Å²) in [4.78, 5) is 28.4. The number of carbonyl (C=O) groups is 2. The monoisotopic (exact) mass is 374 g/mol. The largest absolute Gasteiger partial charge is 0.454 e. The number of likely N-dealkylation sites (tertiary alicyclic amines) is 2. The fourth-order valence-corrected chi connectivity index (χ4v) is 4.19. The first-order valence-corrected chi connectivity index (χ1v) is 9.79. The van der Waals surface area contributed by atoms with Gasteiger partial charge in [0.15, 0.2) is 11.5 Å². The summed E-state index contributed by atoms with van der Waals surface area (Å²) in [5.74, 6) is 0.404. The molecule has 2 saturated heterocycles. The van der Waals surface area contributed by atoms with Gasteiger partial charge in [-0.3, -0.25) is 9.59 Å². The quantitative estimate of drug-likeness (QED) is 0.754. The first-order valence-electron chi connectivity index (χ1n) is 9.79. The normalized spacial score (nSPS) is 25.2. The molecule has 2 fully saturated rings. The first-order chi connectivity index (χ1) is 13.1. The molecule has 0 radical (unpaired) electrons. The van der Waals surface area contributed by atoms with E-state index in [9.17, 15) is 14.7 Å². The molecule has 0 aromatic heterocycles. The minimum atomic E-state index is -0.708. The van der Waals surface area contributed by atoms with Gasteiger partial charge in [0, 0.05) is 32.1 Å². The molecule has 146 valence electrons. The van der Waals surface area contributed by atoms with E-state index in [4.69, 9.17) is 9.47 Å². The van der Waals surface area contributed by atoms with Crippen molar-refractivity contribution in [1.29, 1.82) is 0 Å². The van der Waals surface area contributed by atoms with Gasteiger partial charge in [-0.2, -0.15) is 0 Å². The third kappa shape index (κ3) is 3.74. The van der Waals surface area contributed by atoms with Crippen molar-refractivity contribution in [3.05, 3.63) is 23.8 Å². The number of piperidine rings is 1. The zero-order valence-electron chi connectivity index (χ0n) is 15.4. The number of hydrogen-bond acceptors (Lipinski definition) is 5. The van der Waals surface area contributed by atoms with E-state index in [1.807, 2.05) is 18.2 Å². The van der Waals surface area contributed by atoms with Crippen LogP contribution in [0.5, 0.6) is 11.5 Å². The molecule has 0 aliphatic carbocycles. The van der Waals surface area contributed by atoms with Crippen molar-refractivity contribution in [2.24, 2.45) is 0 Å². The summed E-state index contributed by atoms with van der Waals surface area (Å²) in [6.07, 6.45) is 4.02. The summed E-state index contributed by atoms with van der Waals surface area (Å²) >= 11 is 0. The molecule has 0 unspecified atom stereocenters. The fraction of sp³-hybridized carbons (Fsp3) is 0.600. The van der Waals surface area contributed by atoms with Crippen molar-refractivity contribution < 1.29 is 24.2 Å². The molecule has 2 amide bonds. The molecule has 3 aliphatic heterocycles. The van der Waals surface area contributed by atoms with Crippen molar-refractivity contribution >= 4 is 11.8 Å². The maximum Gasteiger partial charge on any atom is 0.312 e. The minimum absolute atomic E-state index is 0.0863. The number of amides is 2. The Labute approximate surface area is 158 Å². The minimum Gasteiger partial charge on any atom is -0.454 e. The van der Waals surface area contributed by atoms with E-state index >= 15 is 0 Å². The Morgan fingerprint density at radius 3 is 2.37 bits per heavy atom.